The minimum absolute atomic E-state index is 0.0470. The molecule has 0 fully saturated rings. The van der Waals surface area contributed by atoms with Gasteiger partial charge in [0.05, 0.1) is 29.2 Å². The van der Waals surface area contributed by atoms with Crippen LogP contribution in [0.15, 0.2) is 79.3 Å². The minimum atomic E-state index is -0.625. The molecule has 0 aliphatic rings. The third kappa shape index (κ3) is 4.52. The van der Waals surface area contributed by atoms with Crippen molar-refractivity contribution in [2.45, 2.75) is 0 Å². The smallest absolute Gasteiger partial charge is 0.274 e. The number of halogens is 1. The summed E-state index contributed by atoms with van der Waals surface area (Å²) in [6.07, 6.45) is 4.61. The summed E-state index contributed by atoms with van der Waals surface area (Å²) in [7, 11) is 0. The molecule has 2 aromatic heterocycles. The fourth-order valence-corrected chi connectivity index (χ4v) is 2.90. The van der Waals surface area contributed by atoms with E-state index in [1.807, 2.05) is 42.5 Å². The number of benzene rings is 2. The number of aromatic nitrogens is 3. The zero-order chi connectivity index (χ0) is 21.6. The molecular weight excluding hydrogens is 395 g/mol. The lowest BCUT2D eigenvalue weighted by atomic mass is 10.1. The predicted molar refractivity (Wildman–Crippen MR) is 114 cm³/mol. The van der Waals surface area contributed by atoms with Gasteiger partial charge in [-0.15, -0.1) is 0 Å². The van der Waals surface area contributed by atoms with Gasteiger partial charge in [0, 0.05) is 18.0 Å². The highest BCUT2D eigenvalue weighted by atomic mass is 19.1. The molecule has 4 rings (SSSR count). The van der Waals surface area contributed by atoms with Gasteiger partial charge in [-0.05, 0) is 35.9 Å². The Morgan fingerprint density at radius 2 is 1.84 bits per heavy atom. The molecule has 0 radical (unpaired) electrons. The average molecular weight is 410 g/mol. The lowest BCUT2D eigenvalue weighted by molar-refractivity contribution is 0.102. The van der Waals surface area contributed by atoms with Crippen LogP contribution in [-0.4, -0.2) is 20.9 Å². The number of nitrogens with one attached hydrogen (secondary N) is 2. The molecule has 1 amide bonds. The van der Waals surface area contributed by atoms with E-state index < -0.39 is 11.7 Å². The van der Waals surface area contributed by atoms with Gasteiger partial charge in [-0.2, -0.15) is 5.26 Å². The lowest BCUT2D eigenvalue weighted by Gasteiger charge is -2.11. The normalized spacial score (nSPS) is 10.2. The van der Waals surface area contributed by atoms with Crippen LogP contribution in [-0.2, 0) is 0 Å². The summed E-state index contributed by atoms with van der Waals surface area (Å²) in [6.45, 7) is 0. The van der Waals surface area contributed by atoms with Crippen LogP contribution in [0.1, 0.15) is 16.1 Å². The number of pyridine rings is 1. The van der Waals surface area contributed by atoms with E-state index in [2.05, 4.69) is 25.6 Å². The van der Waals surface area contributed by atoms with E-state index in [4.69, 9.17) is 5.26 Å². The van der Waals surface area contributed by atoms with Crippen molar-refractivity contribution in [3.05, 3.63) is 96.3 Å². The molecule has 2 aromatic carbocycles. The number of nitriles is 1. The van der Waals surface area contributed by atoms with Crippen LogP contribution < -0.4 is 10.6 Å². The van der Waals surface area contributed by atoms with Crippen molar-refractivity contribution in [1.82, 2.24) is 15.0 Å². The summed E-state index contributed by atoms with van der Waals surface area (Å²) in [5.74, 6) is -1.04. The molecule has 0 atom stereocenters. The number of carbonyl (C=O) groups is 1. The van der Waals surface area contributed by atoms with E-state index in [9.17, 15) is 9.18 Å². The largest absolute Gasteiger partial charge is 0.322 e. The van der Waals surface area contributed by atoms with Gasteiger partial charge in [-0.3, -0.25) is 9.78 Å². The Labute approximate surface area is 177 Å². The van der Waals surface area contributed by atoms with Gasteiger partial charge in [-0.1, -0.05) is 30.3 Å². The van der Waals surface area contributed by atoms with Gasteiger partial charge in [-0.25, -0.2) is 14.4 Å². The van der Waals surface area contributed by atoms with Crippen LogP contribution in [0.3, 0.4) is 0 Å². The van der Waals surface area contributed by atoms with Crippen molar-refractivity contribution in [3.8, 4) is 17.2 Å². The number of carbonyl (C=O) groups excluding carboxylic acids is 1. The average Bonchev–Trinajstić information content (AvgIpc) is 2.81. The highest BCUT2D eigenvalue weighted by Gasteiger charge is 2.13. The molecule has 0 spiro atoms. The molecular formula is C23H15FN6O. The Bertz CT molecular complexity index is 1290. The molecule has 2 heterocycles. The van der Waals surface area contributed by atoms with Crippen LogP contribution in [0.25, 0.3) is 11.1 Å². The first-order valence-electron chi connectivity index (χ1n) is 9.24. The topological polar surface area (TPSA) is 104 Å². The molecule has 2 N–H and O–H groups in total. The van der Waals surface area contributed by atoms with Crippen molar-refractivity contribution in [2.75, 3.05) is 10.6 Å². The molecule has 31 heavy (non-hydrogen) atoms. The van der Waals surface area contributed by atoms with Gasteiger partial charge in [0.25, 0.3) is 5.91 Å². The van der Waals surface area contributed by atoms with Gasteiger partial charge in [0.1, 0.15) is 11.5 Å². The number of hydrogen-bond donors (Lipinski definition) is 2. The molecule has 4 aromatic rings. The van der Waals surface area contributed by atoms with Gasteiger partial charge in [0.15, 0.2) is 0 Å². The zero-order valence-corrected chi connectivity index (χ0v) is 16.1. The van der Waals surface area contributed by atoms with Crippen LogP contribution in [0.4, 0.5) is 21.7 Å². The third-order valence-corrected chi connectivity index (χ3v) is 4.39. The van der Waals surface area contributed by atoms with Crippen molar-refractivity contribution < 1.29 is 9.18 Å². The first-order chi connectivity index (χ1) is 15.1. The van der Waals surface area contributed by atoms with Crippen molar-refractivity contribution in [2.24, 2.45) is 0 Å². The van der Waals surface area contributed by atoms with Crippen molar-refractivity contribution in [1.29, 1.82) is 5.26 Å². The van der Waals surface area contributed by atoms with Crippen molar-refractivity contribution in [3.63, 3.8) is 0 Å². The Kier molecular flexibility index (Phi) is 5.58. The maximum absolute atomic E-state index is 14.1. The summed E-state index contributed by atoms with van der Waals surface area (Å²) >= 11 is 0. The predicted octanol–water partition coefficient (Wildman–Crippen LogP) is 4.55. The number of nitrogens with zero attached hydrogens (tertiary/aromatic N) is 4. The molecule has 0 aliphatic carbocycles. The molecule has 0 bridgehead atoms. The summed E-state index contributed by atoms with van der Waals surface area (Å²) in [5.41, 5.74) is 2.66. The quantitative estimate of drug-likeness (QED) is 0.500. The number of anilines is 3. The van der Waals surface area contributed by atoms with E-state index in [-0.39, 0.29) is 22.9 Å². The van der Waals surface area contributed by atoms with E-state index in [1.165, 1.54) is 24.4 Å². The zero-order valence-electron chi connectivity index (χ0n) is 16.1. The highest BCUT2D eigenvalue weighted by molar-refractivity contribution is 6.05. The first kappa shape index (κ1) is 19.7. The minimum Gasteiger partial charge on any atom is -0.322 e. The van der Waals surface area contributed by atoms with E-state index in [0.717, 1.165) is 17.2 Å². The molecule has 8 heteroatoms. The second kappa shape index (κ2) is 8.80. The second-order valence-electron chi connectivity index (χ2n) is 6.44. The van der Waals surface area contributed by atoms with E-state index in [1.54, 1.807) is 12.4 Å². The van der Waals surface area contributed by atoms with Crippen LogP contribution in [0.5, 0.6) is 0 Å². The van der Waals surface area contributed by atoms with Gasteiger partial charge >= 0.3 is 0 Å². The fraction of sp³-hybridized carbons (Fsp3) is 0. The molecule has 0 unspecified atom stereocenters. The lowest BCUT2D eigenvalue weighted by Crippen LogP contribution is -2.15. The molecule has 7 nitrogen and oxygen atoms in total. The van der Waals surface area contributed by atoms with E-state index in [0.29, 0.717) is 5.69 Å². The van der Waals surface area contributed by atoms with Gasteiger partial charge in [0.2, 0.25) is 5.95 Å². The highest BCUT2D eigenvalue weighted by Crippen LogP contribution is 2.27. The Morgan fingerprint density at radius 1 is 1.00 bits per heavy atom. The third-order valence-electron chi connectivity index (χ3n) is 4.39. The van der Waals surface area contributed by atoms with E-state index >= 15 is 0 Å². The van der Waals surface area contributed by atoms with Crippen LogP contribution >= 0.6 is 0 Å². The monoisotopic (exact) mass is 410 g/mol. The molecule has 0 saturated heterocycles. The molecule has 0 saturated carbocycles. The SMILES string of the molecule is N#Cc1ccc(Nc2nccc(C(=O)Nc3cnccc3-c3ccccc3)n2)c(F)c1. The summed E-state index contributed by atoms with van der Waals surface area (Å²) in [6, 6.07) is 18.7. The Hall–Kier alpha value is -4.64. The number of amides is 1. The van der Waals surface area contributed by atoms with Gasteiger partial charge < -0.3 is 10.6 Å². The van der Waals surface area contributed by atoms with Crippen molar-refractivity contribution >= 4 is 23.2 Å². The second-order valence-corrected chi connectivity index (χ2v) is 6.44. The summed E-state index contributed by atoms with van der Waals surface area (Å²) in [5, 5.41) is 14.4. The first-order valence-corrected chi connectivity index (χ1v) is 9.24. The standard InChI is InChI=1S/C23H15FN6O/c24-18-12-15(13-25)6-7-19(18)29-23-27-11-9-20(30-23)22(31)28-21-14-26-10-8-17(21)16-4-2-1-3-5-16/h1-12,14H,(H,28,31)(H,27,29,30). The summed E-state index contributed by atoms with van der Waals surface area (Å²) in [4.78, 5) is 25.1. The number of hydrogen-bond acceptors (Lipinski definition) is 6. The van der Waals surface area contributed by atoms with Crippen LogP contribution in [0.2, 0.25) is 0 Å². The Morgan fingerprint density at radius 3 is 2.61 bits per heavy atom. The molecule has 0 aliphatic heterocycles. The maximum Gasteiger partial charge on any atom is 0.274 e. The Balaban J connectivity index is 1.56. The number of rotatable bonds is 5. The maximum atomic E-state index is 14.1. The fourth-order valence-electron chi connectivity index (χ4n) is 2.90. The molecule has 150 valence electrons. The summed E-state index contributed by atoms with van der Waals surface area (Å²) < 4.78 is 14.1. The van der Waals surface area contributed by atoms with Crippen LogP contribution in [0, 0.1) is 17.1 Å².